The van der Waals surface area contributed by atoms with Crippen molar-refractivity contribution in [2.75, 3.05) is 11.9 Å². The van der Waals surface area contributed by atoms with Gasteiger partial charge in [0.25, 0.3) is 5.91 Å². The van der Waals surface area contributed by atoms with Crippen molar-refractivity contribution in [3.05, 3.63) is 107 Å². The van der Waals surface area contributed by atoms with Crippen LogP contribution in [0.4, 0.5) is 23.7 Å². The number of hydrogen-bond donors (Lipinski definition) is 2. The Labute approximate surface area is 224 Å². The van der Waals surface area contributed by atoms with E-state index < -0.39 is 23.7 Å². The van der Waals surface area contributed by atoms with Crippen LogP contribution in [0.5, 0.6) is 5.88 Å². The average Bonchev–Trinajstić information content (AvgIpc) is 3.25. The summed E-state index contributed by atoms with van der Waals surface area (Å²) in [5.41, 5.74) is 3.27. The molecular formula is C30H28F3N3O3. The van der Waals surface area contributed by atoms with Gasteiger partial charge in [-0.3, -0.25) is 4.79 Å². The van der Waals surface area contributed by atoms with E-state index in [4.69, 9.17) is 4.74 Å². The van der Waals surface area contributed by atoms with Crippen molar-refractivity contribution in [2.45, 2.75) is 25.9 Å². The van der Waals surface area contributed by atoms with Gasteiger partial charge in [-0.25, -0.2) is 4.79 Å². The summed E-state index contributed by atoms with van der Waals surface area (Å²) in [6.07, 6.45) is -1.87. The maximum Gasteiger partial charge on any atom is 0.416 e. The average molecular weight is 536 g/mol. The molecule has 0 fully saturated rings. The van der Waals surface area contributed by atoms with Crippen molar-refractivity contribution < 1.29 is 27.5 Å². The molecule has 0 aliphatic heterocycles. The fourth-order valence-corrected chi connectivity index (χ4v) is 4.05. The lowest BCUT2D eigenvalue weighted by Crippen LogP contribution is -2.28. The van der Waals surface area contributed by atoms with Crippen LogP contribution in [0.1, 0.15) is 33.5 Å². The Morgan fingerprint density at radius 1 is 0.949 bits per heavy atom. The number of ether oxygens (including phenoxy) is 1. The van der Waals surface area contributed by atoms with Crippen LogP contribution in [-0.2, 0) is 19.6 Å². The third kappa shape index (κ3) is 7.28. The lowest BCUT2D eigenvalue weighted by molar-refractivity contribution is -0.137. The number of anilines is 1. The van der Waals surface area contributed by atoms with E-state index in [1.165, 1.54) is 29.3 Å². The Morgan fingerprint density at radius 2 is 1.64 bits per heavy atom. The minimum absolute atomic E-state index is 0.234. The molecule has 4 aromatic rings. The Hall–Kier alpha value is -4.53. The first-order chi connectivity index (χ1) is 18.6. The molecule has 0 unspecified atom stereocenters. The maximum atomic E-state index is 13.1. The van der Waals surface area contributed by atoms with Gasteiger partial charge in [-0.15, -0.1) is 0 Å². The second-order valence-corrected chi connectivity index (χ2v) is 9.16. The summed E-state index contributed by atoms with van der Waals surface area (Å²) in [7, 11) is 1.67. The highest BCUT2D eigenvalue weighted by Crippen LogP contribution is 2.32. The molecule has 1 heterocycles. The van der Waals surface area contributed by atoms with Gasteiger partial charge >= 0.3 is 12.3 Å². The number of nitrogens with one attached hydrogen (secondary N) is 2. The molecule has 2 N–H and O–H groups in total. The number of benzene rings is 3. The number of halogens is 3. The van der Waals surface area contributed by atoms with Crippen LogP contribution in [0.15, 0.2) is 85.1 Å². The molecular weight excluding hydrogens is 507 g/mol. The van der Waals surface area contributed by atoms with E-state index in [9.17, 15) is 22.8 Å². The molecule has 1 aromatic heterocycles. The minimum Gasteiger partial charge on any atom is -0.393 e. The molecule has 9 heteroatoms. The largest absolute Gasteiger partial charge is 0.416 e. The highest BCUT2D eigenvalue weighted by atomic mass is 19.4. The van der Waals surface area contributed by atoms with Crippen LogP contribution in [0.2, 0.25) is 0 Å². The lowest BCUT2D eigenvalue weighted by Gasteiger charge is -2.11. The van der Waals surface area contributed by atoms with Gasteiger partial charge in [0.15, 0.2) is 0 Å². The second-order valence-electron chi connectivity index (χ2n) is 9.16. The van der Waals surface area contributed by atoms with Gasteiger partial charge in [-0.1, -0.05) is 60.2 Å². The zero-order valence-electron chi connectivity index (χ0n) is 21.5. The maximum absolute atomic E-state index is 13.1. The van der Waals surface area contributed by atoms with E-state index in [2.05, 4.69) is 34.9 Å². The molecule has 0 aliphatic carbocycles. The predicted octanol–water partition coefficient (Wildman–Crippen LogP) is 6.99. The summed E-state index contributed by atoms with van der Waals surface area (Å²) in [5, 5.41) is 5.48. The molecule has 2 amide bonds. The molecule has 3 aromatic carbocycles. The summed E-state index contributed by atoms with van der Waals surface area (Å²) < 4.78 is 45.8. The van der Waals surface area contributed by atoms with E-state index >= 15 is 0 Å². The number of aromatic nitrogens is 1. The van der Waals surface area contributed by atoms with E-state index in [0.29, 0.717) is 23.4 Å². The molecule has 4 rings (SSSR count). The van der Waals surface area contributed by atoms with Gasteiger partial charge in [0.2, 0.25) is 5.88 Å². The first-order valence-electron chi connectivity index (χ1n) is 12.4. The zero-order chi connectivity index (χ0) is 28.0. The Balaban J connectivity index is 1.35. The van der Waals surface area contributed by atoms with Crippen LogP contribution < -0.4 is 15.4 Å². The van der Waals surface area contributed by atoms with Crippen molar-refractivity contribution in [1.82, 2.24) is 9.88 Å². The standard InChI is InChI=1S/C30H28F3N3O3/c1-20-9-11-21(12-10-20)6-5-17-34-29(38)39-27-18-24(19-36(27)2)35-28(37)26-8-4-3-7-25(26)22-13-15-23(16-14-22)30(31,32)33/h3-4,7-16,18-19H,5-6,17H2,1-2H3,(H,34,38)(H,35,37). The first-order valence-corrected chi connectivity index (χ1v) is 12.4. The number of aryl methyl sites for hydroxylation is 3. The van der Waals surface area contributed by atoms with Crippen molar-refractivity contribution in [2.24, 2.45) is 7.05 Å². The van der Waals surface area contributed by atoms with Crippen molar-refractivity contribution in [3.63, 3.8) is 0 Å². The molecule has 202 valence electrons. The highest BCUT2D eigenvalue weighted by Gasteiger charge is 2.30. The van der Waals surface area contributed by atoms with Crippen LogP contribution >= 0.6 is 0 Å². The first kappa shape index (κ1) is 27.5. The normalized spacial score (nSPS) is 11.2. The summed E-state index contributed by atoms with van der Waals surface area (Å²) in [6.45, 7) is 2.48. The predicted molar refractivity (Wildman–Crippen MR) is 144 cm³/mol. The van der Waals surface area contributed by atoms with Gasteiger partial charge in [0.05, 0.1) is 11.3 Å². The van der Waals surface area contributed by atoms with Crippen molar-refractivity contribution in [3.8, 4) is 17.0 Å². The highest BCUT2D eigenvalue weighted by molar-refractivity contribution is 6.08. The molecule has 0 saturated heterocycles. The quantitative estimate of drug-likeness (QED) is 0.239. The summed E-state index contributed by atoms with van der Waals surface area (Å²) in [4.78, 5) is 25.3. The molecule has 39 heavy (non-hydrogen) atoms. The number of amides is 2. The third-order valence-corrected chi connectivity index (χ3v) is 6.14. The van der Waals surface area contributed by atoms with E-state index in [1.807, 2.05) is 6.92 Å². The SMILES string of the molecule is Cc1ccc(CCCNC(=O)Oc2cc(NC(=O)c3ccccc3-c3ccc(C(F)(F)F)cc3)cn2C)cc1. The fourth-order valence-electron chi connectivity index (χ4n) is 4.05. The zero-order valence-corrected chi connectivity index (χ0v) is 21.5. The van der Waals surface area contributed by atoms with Gasteiger partial charge in [-0.2, -0.15) is 13.2 Å². The Bertz CT molecular complexity index is 1440. The number of rotatable bonds is 8. The van der Waals surface area contributed by atoms with Crippen LogP contribution in [-0.4, -0.2) is 23.1 Å². The molecule has 6 nitrogen and oxygen atoms in total. The van der Waals surface area contributed by atoms with Crippen LogP contribution in [0, 0.1) is 6.92 Å². The summed E-state index contributed by atoms with van der Waals surface area (Å²) in [5.74, 6) is -0.222. The molecule has 0 radical (unpaired) electrons. The number of carbonyl (C=O) groups excluding carboxylic acids is 2. The van der Waals surface area contributed by atoms with Gasteiger partial charge in [0, 0.05) is 31.4 Å². The van der Waals surface area contributed by atoms with Gasteiger partial charge in [-0.05, 0) is 54.7 Å². The number of alkyl halides is 3. The lowest BCUT2D eigenvalue weighted by atomic mass is 9.98. The van der Waals surface area contributed by atoms with Crippen molar-refractivity contribution in [1.29, 1.82) is 0 Å². The van der Waals surface area contributed by atoms with Crippen LogP contribution in [0.25, 0.3) is 11.1 Å². The van der Waals surface area contributed by atoms with Gasteiger partial charge in [0.1, 0.15) is 0 Å². The fraction of sp³-hybridized carbons (Fsp3) is 0.200. The van der Waals surface area contributed by atoms with Crippen LogP contribution in [0.3, 0.4) is 0 Å². The minimum atomic E-state index is -4.44. The van der Waals surface area contributed by atoms with E-state index in [-0.39, 0.29) is 11.4 Å². The molecule has 0 bridgehead atoms. The Morgan fingerprint density at radius 3 is 2.33 bits per heavy atom. The molecule has 0 saturated carbocycles. The topological polar surface area (TPSA) is 72.4 Å². The smallest absolute Gasteiger partial charge is 0.393 e. The summed E-state index contributed by atoms with van der Waals surface area (Å²) in [6, 6.07) is 21.0. The molecule has 0 spiro atoms. The number of hydrogen-bond acceptors (Lipinski definition) is 3. The monoisotopic (exact) mass is 535 g/mol. The second kappa shape index (κ2) is 11.9. The number of nitrogens with zero attached hydrogens (tertiary/aromatic N) is 1. The van der Waals surface area contributed by atoms with E-state index in [1.54, 1.807) is 42.1 Å². The third-order valence-electron chi connectivity index (χ3n) is 6.14. The van der Waals surface area contributed by atoms with E-state index in [0.717, 1.165) is 25.0 Å². The molecule has 0 aliphatic rings. The Kier molecular flexibility index (Phi) is 8.39. The van der Waals surface area contributed by atoms with Crippen molar-refractivity contribution >= 4 is 17.7 Å². The van der Waals surface area contributed by atoms with Gasteiger partial charge < -0.3 is 19.9 Å². The summed E-state index contributed by atoms with van der Waals surface area (Å²) >= 11 is 0. The number of carbonyl (C=O) groups is 2. The molecule has 0 atom stereocenters.